The van der Waals surface area contributed by atoms with E-state index >= 15 is 0 Å². The fourth-order valence-corrected chi connectivity index (χ4v) is 5.12. The Morgan fingerprint density at radius 1 is 1.12 bits per heavy atom. The molecule has 0 bridgehead atoms. The van der Waals surface area contributed by atoms with Crippen LogP contribution >= 0.6 is 0 Å². The molecule has 0 radical (unpaired) electrons. The maximum Gasteiger partial charge on any atom is 0.211 e. The van der Waals surface area contributed by atoms with Crippen LogP contribution in [0.2, 0.25) is 0 Å². The monoisotopic (exact) mass is 451 g/mol. The lowest BCUT2D eigenvalue weighted by Crippen LogP contribution is -2.41. The van der Waals surface area contributed by atoms with Crippen molar-refractivity contribution in [1.29, 1.82) is 5.41 Å². The summed E-state index contributed by atoms with van der Waals surface area (Å²) in [6.45, 7) is 3.90. The molecule has 3 N–H and O–H groups in total. The molecular formula is C24H29N5O2S. The zero-order valence-corrected chi connectivity index (χ0v) is 19.2. The van der Waals surface area contributed by atoms with Gasteiger partial charge in [0.05, 0.1) is 6.26 Å². The van der Waals surface area contributed by atoms with E-state index in [4.69, 9.17) is 5.41 Å². The van der Waals surface area contributed by atoms with Crippen LogP contribution in [0.1, 0.15) is 25.3 Å². The highest BCUT2D eigenvalue weighted by Crippen LogP contribution is 2.33. The average Bonchev–Trinajstić information content (AvgIpc) is 2.79. The van der Waals surface area contributed by atoms with Crippen molar-refractivity contribution in [3.05, 3.63) is 54.4 Å². The van der Waals surface area contributed by atoms with Crippen molar-refractivity contribution >= 4 is 38.4 Å². The first kappa shape index (κ1) is 22.2. The van der Waals surface area contributed by atoms with E-state index in [1.807, 2.05) is 31.3 Å². The Morgan fingerprint density at radius 2 is 1.91 bits per heavy atom. The van der Waals surface area contributed by atoms with E-state index in [0.29, 0.717) is 13.1 Å². The fraction of sp³-hybridized carbons (Fsp3) is 0.333. The maximum atomic E-state index is 11.8. The fourth-order valence-electron chi connectivity index (χ4n) is 4.25. The Balaban J connectivity index is 1.66. The van der Waals surface area contributed by atoms with E-state index in [0.717, 1.165) is 58.2 Å². The summed E-state index contributed by atoms with van der Waals surface area (Å²) in [6.07, 6.45) is 7.82. The number of fused-ring (bicyclic) bond motifs is 1. The molecule has 0 unspecified atom stereocenters. The summed E-state index contributed by atoms with van der Waals surface area (Å²) >= 11 is 0. The van der Waals surface area contributed by atoms with Crippen LogP contribution in [0.25, 0.3) is 21.9 Å². The zero-order chi connectivity index (χ0) is 22.7. The predicted octanol–water partition coefficient (Wildman–Crippen LogP) is 4.17. The van der Waals surface area contributed by atoms with Crippen LogP contribution < -0.4 is 10.6 Å². The van der Waals surface area contributed by atoms with Gasteiger partial charge in [-0.2, -0.15) is 0 Å². The van der Waals surface area contributed by atoms with Gasteiger partial charge in [-0.25, -0.2) is 12.7 Å². The minimum atomic E-state index is -3.14. The molecule has 1 fully saturated rings. The summed E-state index contributed by atoms with van der Waals surface area (Å²) in [6, 6.07) is 12.6. The Kier molecular flexibility index (Phi) is 6.43. The van der Waals surface area contributed by atoms with Crippen molar-refractivity contribution in [2.24, 2.45) is 0 Å². The molecule has 0 aliphatic carbocycles. The third-order valence-electron chi connectivity index (χ3n) is 5.95. The lowest BCUT2D eigenvalue weighted by Gasteiger charge is -2.31. The molecule has 7 nitrogen and oxygen atoms in total. The van der Waals surface area contributed by atoms with Gasteiger partial charge in [0.25, 0.3) is 0 Å². The van der Waals surface area contributed by atoms with Crippen LogP contribution in [0, 0.1) is 5.41 Å². The van der Waals surface area contributed by atoms with E-state index in [1.165, 1.54) is 12.5 Å². The van der Waals surface area contributed by atoms with Crippen LogP contribution in [-0.2, 0) is 10.0 Å². The Labute approximate surface area is 189 Å². The lowest BCUT2D eigenvalue weighted by atomic mass is 9.97. The number of hydrogen-bond donors (Lipinski definition) is 3. The molecule has 1 aliphatic rings. The third-order valence-corrected chi connectivity index (χ3v) is 7.25. The van der Waals surface area contributed by atoms with Crippen LogP contribution in [0.5, 0.6) is 0 Å². The highest BCUT2D eigenvalue weighted by Gasteiger charge is 2.25. The molecule has 1 aliphatic heterocycles. The van der Waals surface area contributed by atoms with Crippen molar-refractivity contribution in [3.63, 3.8) is 0 Å². The topological polar surface area (TPSA) is 98.2 Å². The first-order valence-electron chi connectivity index (χ1n) is 10.9. The number of rotatable bonds is 7. The number of benzene rings is 2. The zero-order valence-electron chi connectivity index (χ0n) is 18.4. The van der Waals surface area contributed by atoms with Gasteiger partial charge in [-0.1, -0.05) is 6.07 Å². The lowest BCUT2D eigenvalue weighted by molar-refractivity contribution is 0.332. The van der Waals surface area contributed by atoms with Crippen molar-refractivity contribution < 1.29 is 8.42 Å². The second-order valence-electron chi connectivity index (χ2n) is 8.18. The number of pyridine rings is 1. The Hall–Kier alpha value is -2.97. The summed E-state index contributed by atoms with van der Waals surface area (Å²) in [5, 5.41) is 16.9. The average molecular weight is 452 g/mol. The summed E-state index contributed by atoms with van der Waals surface area (Å²) in [7, 11) is -3.14. The van der Waals surface area contributed by atoms with Gasteiger partial charge in [-0.15, -0.1) is 0 Å². The van der Waals surface area contributed by atoms with Crippen LogP contribution in [0.4, 0.5) is 11.4 Å². The number of nitrogens with zero attached hydrogens (tertiary/aromatic N) is 2. The standard InChI is InChI=1S/C24H29N5O2S/c1-3-27-23-5-4-17(12-20(23)15-25)19-13-18-6-9-26-16-22(18)24(14-19)28-21-7-10-29(11-8-21)32(2,30)31/h4-6,9,12-16,21,25,27-28H,3,7-8,10-11H2,1-2H3. The SMILES string of the molecule is CCNc1ccc(-c2cc(NC3CCN(S(C)(=O)=O)CC3)c3cnccc3c2)cc1C=N. The Bertz CT molecular complexity index is 1230. The normalized spacial score (nSPS) is 15.6. The minimum Gasteiger partial charge on any atom is -0.385 e. The van der Waals surface area contributed by atoms with Gasteiger partial charge in [0.2, 0.25) is 10.0 Å². The molecule has 168 valence electrons. The Morgan fingerprint density at radius 3 is 2.59 bits per heavy atom. The molecule has 1 aromatic heterocycles. The van der Waals surface area contributed by atoms with Crippen molar-refractivity contribution in [2.45, 2.75) is 25.8 Å². The van der Waals surface area contributed by atoms with Gasteiger partial charge >= 0.3 is 0 Å². The molecule has 1 saturated heterocycles. The van der Waals surface area contributed by atoms with Gasteiger partial charge in [-0.3, -0.25) is 4.98 Å². The predicted molar refractivity (Wildman–Crippen MR) is 132 cm³/mol. The van der Waals surface area contributed by atoms with E-state index in [1.54, 1.807) is 10.5 Å². The molecule has 2 aromatic carbocycles. The summed E-state index contributed by atoms with van der Waals surface area (Å²) in [4.78, 5) is 4.31. The van der Waals surface area contributed by atoms with Gasteiger partial charge in [0, 0.05) is 66.6 Å². The van der Waals surface area contributed by atoms with Crippen LogP contribution in [-0.4, -0.2) is 55.9 Å². The van der Waals surface area contributed by atoms with E-state index in [2.05, 4.69) is 33.8 Å². The van der Waals surface area contributed by atoms with Crippen LogP contribution in [0.15, 0.2) is 48.8 Å². The second-order valence-corrected chi connectivity index (χ2v) is 10.2. The molecule has 2 heterocycles. The number of sulfonamides is 1. The highest BCUT2D eigenvalue weighted by atomic mass is 32.2. The van der Waals surface area contributed by atoms with E-state index in [9.17, 15) is 8.42 Å². The molecule has 8 heteroatoms. The molecular weight excluding hydrogens is 422 g/mol. The number of piperidine rings is 1. The third kappa shape index (κ3) is 4.76. The molecule has 0 amide bonds. The molecule has 0 saturated carbocycles. The van der Waals surface area contributed by atoms with Gasteiger partial charge in [-0.05, 0) is 66.6 Å². The van der Waals surface area contributed by atoms with Crippen LogP contribution in [0.3, 0.4) is 0 Å². The van der Waals surface area contributed by atoms with Crippen molar-refractivity contribution in [1.82, 2.24) is 9.29 Å². The first-order chi connectivity index (χ1) is 15.4. The largest absolute Gasteiger partial charge is 0.385 e. The van der Waals surface area contributed by atoms with Gasteiger partial charge in [0.15, 0.2) is 0 Å². The molecule has 3 aromatic rings. The molecule has 0 atom stereocenters. The smallest absolute Gasteiger partial charge is 0.211 e. The van der Waals surface area contributed by atoms with Gasteiger partial charge in [0.1, 0.15) is 0 Å². The minimum absolute atomic E-state index is 0.194. The van der Waals surface area contributed by atoms with Gasteiger partial charge < -0.3 is 16.0 Å². The molecule has 0 spiro atoms. The number of nitrogens with one attached hydrogen (secondary N) is 3. The quantitative estimate of drug-likeness (QED) is 0.469. The van der Waals surface area contributed by atoms with Crippen molar-refractivity contribution in [2.75, 3.05) is 36.5 Å². The number of aromatic nitrogens is 1. The number of anilines is 2. The number of hydrogen-bond acceptors (Lipinski definition) is 6. The molecule has 4 rings (SSSR count). The van der Waals surface area contributed by atoms with Crippen molar-refractivity contribution in [3.8, 4) is 11.1 Å². The summed E-state index contributed by atoms with van der Waals surface area (Å²) in [5.74, 6) is 0. The summed E-state index contributed by atoms with van der Waals surface area (Å²) in [5.41, 5.74) is 4.90. The second kappa shape index (κ2) is 9.26. The first-order valence-corrected chi connectivity index (χ1v) is 12.7. The summed E-state index contributed by atoms with van der Waals surface area (Å²) < 4.78 is 25.2. The van der Waals surface area contributed by atoms with E-state index in [-0.39, 0.29) is 6.04 Å². The maximum absolute atomic E-state index is 11.8. The van der Waals surface area contributed by atoms with E-state index < -0.39 is 10.0 Å². The molecule has 32 heavy (non-hydrogen) atoms. The highest BCUT2D eigenvalue weighted by molar-refractivity contribution is 7.88.